The van der Waals surface area contributed by atoms with E-state index >= 15 is 0 Å². The molecule has 0 atom stereocenters. The normalized spacial score (nSPS) is 11.3. The van der Waals surface area contributed by atoms with Crippen LogP contribution in [0.4, 0.5) is 0 Å². The van der Waals surface area contributed by atoms with Gasteiger partial charge in [-0.05, 0) is 65.9 Å². The van der Waals surface area contributed by atoms with Gasteiger partial charge in [-0.25, -0.2) is 5.43 Å². The van der Waals surface area contributed by atoms with Gasteiger partial charge < -0.3 is 9.47 Å². The molecule has 1 N–H and O–H groups in total. The number of rotatable bonds is 9. The summed E-state index contributed by atoms with van der Waals surface area (Å²) >= 11 is 5.44. The molecule has 2 aromatic carbocycles. The van der Waals surface area contributed by atoms with E-state index in [2.05, 4.69) is 24.4 Å². The summed E-state index contributed by atoms with van der Waals surface area (Å²) in [5, 5.41) is 3.96. The minimum absolute atomic E-state index is 0.0959. The third-order valence-electron chi connectivity index (χ3n) is 3.87. The van der Waals surface area contributed by atoms with Gasteiger partial charge in [-0.1, -0.05) is 37.6 Å². The van der Waals surface area contributed by atoms with Crippen molar-refractivity contribution in [1.82, 2.24) is 5.43 Å². The van der Waals surface area contributed by atoms with E-state index < -0.39 is 0 Å². The molecule has 0 saturated heterocycles. The minimum atomic E-state index is -0.319. The summed E-state index contributed by atoms with van der Waals surface area (Å²) in [7, 11) is 0. The zero-order chi connectivity index (χ0) is 20.4. The van der Waals surface area contributed by atoms with Crippen LogP contribution in [0.3, 0.4) is 0 Å². The summed E-state index contributed by atoms with van der Waals surface area (Å²) in [6.07, 6.45) is 3.27. The van der Waals surface area contributed by atoms with Crippen LogP contribution < -0.4 is 14.9 Å². The Kier molecular flexibility index (Phi) is 8.56. The lowest BCUT2D eigenvalue weighted by atomic mass is 10.0. The average Bonchev–Trinajstić information content (AvgIpc) is 2.67. The van der Waals surface area contributed by atoms with E-state index in [4.69, 9.17) is 21.1 Å². The highest BCUT2D eigenvalue weighted by Gasteiger charge is 2.10. The highest BCUT2D eigenvalue weighted by molar-refractivity contribution is 6.25. The first-order valence-electron chi connectivity index (χ1n) is 9.03. The van der Waals surface area contributed by atoms with Crippen molar-refractivity contribution in [3.8, 4) is 11.5 Å². The van der Waals surface area contributed by atoms with Gasteiger partial charge >= 0.3 is 0 Å². The topological polar surface area (TPSA) is 59.9 Å². The van der Waals surface area contributed by atoms with E-state index in [0.29, 0.717) is 12.5 Å². The third-order valence-corrected chi connectivity index (χ3v) is 4.05. The molecule has 6 heteroatoms. The Hall–Kier alpha value is -2.79. The molecule has 0 aromatic heterocycles. The van der Waals surface area contributed by atoms with E-state index in [0.717, 1.165) is 28.2 Å². The maximum atomic E-state index is 12.0. The fraction of sp³-hybridized carbons (Fsp3) is 0.273. The van der Waals surface area contributed by atoms with Gasteiger partial charge in [-0.3, -0.25) is 4.79 Å². The van der Waals surface area contributed by atoms with Crippen molar-refractivity contribution in [3.05, 3.63) is 70.8 Å². The second-order valence-electron chi connectivity index (χ2n) is 6.52. The number of benzene rings is 2. The molecular weight excluding hydrogens is 376 g/mol. The van der Waals surface area contributed by atoms with Gasteiger partial charge in [-0.2, -0.15) is 5.10 Å². The van der Waals surface area contributed by atoms with Crippen LogP contribution in [0, 0.1) is 6.92 Å². The molecule has 28 heavy (non-hydrogen) atoms. The van der Waals surface area contributed by atoms with Crippen LogP contribution >= 0.6 is 11.6 Å². The molecule has 0 saturated carbocycles. The maximum Gasteiger partial charge on any atom is 0.277 e. The molecule has 5 nitrogen and oxygen atoms in total. The standard InChI is InChI=1S/C22H25ClN2O3/c1-16(2)20-10-5-17(3)13-21(20)28-15-22(26)25-24-14-18-6-8-19(9-7-18)27-12-4-11-23/h4-11,13-14,16H,12,15H2,1-3H3,(H,25,26)/b11-4+,24-14+. The van der Waals surface area contributed by atoms with E-state index in [1.807, 2.05) is 49.4 Å². The molecular formula is C22H25ClN2O3. The van der Waals surface area contributed by atoms with Crippen LogP contribution in [0.5, 0.6) is 11.5 Å². The Bertz CT molecular complexity index is 830. The van der Waals surface area contributed by atoms with Crippen LogP contribution in [0.25, 0.3) is 0 Å². The van der Waals surface area contributed by atoms with Crippen molar-refractivity contribution >= 4 is 23.7 Å². The summed E-state index contributed by atoms with van der Waals surface area (Å²) in [5.74, 6) is 1.45. The highest BCUT2D eigenvalue weighted by atomic mass is 35.5. The van der Waals surface area contributed by atoms with Crippen LogP contribution in [-0.4, -0.2) is 25.3 Å². The monoisotopic (exact) mass is 400 g/mol. The van der Waals surface area contributed by atoms with Crippen LogP contribution in [0.15, 0.2) is 59.2 Å². The molecule has 0 bridgehead atoms. The minimum Gasteiger partial charge on any atom is -0.490 e. The van der Waals surface area contributed by atoms with Gasteiger partial charge in [0.15, 0.2) is 6.61 Å². The summed E-state index contributed by atoms with van der Waals surface area (Å²) in [6.45, 7) is 6.49. The molecule has 0 fully saturated rings. The largest absolute Gasteiger partial charge is 0.490 e. The van der Waals surface area contributed by atoms with E-state index in [9.17, 15) is 4.79 Å². The van der Waals surface area contributed by atoms with Crippen molar-refractivity contribution in [3.63, 3.8) is 0 Å². The fourth-order valence-electron chi connectivity index (χ4n) is 2.43. The molecule has 148 valence electrons. The number of nitrogens with one attached hydrogen (secondary N) is 1. The van der Waals surface area contributed by atoms with Gasteiger partial charge in [0.2, 0.25) is 0 Å². The molecule has 0 unspecified atom stereocenters. The van der Waals surface area contributed by atoms with Crippen molar-refractivity contribution in [2.24, 2.45) is 5.10 Å². The molecule has 2 rings (SSSR count). The number of amides is 1. The predicted molar refractivity (Wildman–Crippen MR) is 113 cm³/mol. The van der Waals surface area contributed by atoms with E-state index in [1.54, 1.807) is 12.3 Å². The smallest absolute Gasteiger partial charge is 0.277 e. The SMILES string of the molecule is Cc1ccc(C(C)C)c(OCC(=O)N/N=C/c2ccc(OC/C=C/Cl)cc2)c1. The van der Waals surface area contributed by atoms with Crippen LogP contribution in [-0.2, 0) is 4.79 Å². The first kappa shape index (κ1) is 21.5. The third kappa shape index (κ3) is 7.08. The molecule has 0 aliphatic heterocycles. The Balaban J connectivity index is 1.83. The predicted octanol–water partition coefficient (Wildman–Crippen LogP) is 4.78. The van der Waals surface area contributed by atoms with Crippen molar-refractivity contribution in [1.29, 1.82) is 0 Å². The number of halogens is 1. The molecule has 1 amide bonds. The Labute approximate surface area is 171 Å². The number of nitrogens with zero attached hydrogens (tertiary/aromatic N) is 1. The summed E-state index contributed by atoms with van der Waals surface area (Å²) < 4.78 is 11.1. The molecule has 2 aromatic rings. The average molecular weight is 401 g/mol. The summed E-state index contributed by atoms with van der Waals surface area (Å²) in [4.78, 5) is 12.0. The molecule has 0 heterocycles. The van der Waals surface area contributed by atoms with Crippen LogP contribution in [0.1, 0.15) is 36.5 Å². The van der Waals surface area contributed by atoms with Gasteiger partial charge in [0.05, 0.1) is 6.21 Å². The number of hydrogen-bond donors (Lipinski definition) is 1. The lowest BCUT2D eigenvalue weighted by Gasteiger charge is -2.14. The summed E-state index contributed by atoms with van der Waals surface area (Å²) in [5.41, 5.74) is 6.88. The number of ether oxygens (including phenoxy) is 2. The van der Waals surface area contributed by atoms with Gasteiger partial charge in [0.25, 0.3) is 5.91 Å². The number of hydrogen-bond acceptors (Lipinski definition) is 4. The second kappa shape index (κ2) is 11.1. The first-order valence-corrected chi connectivity index (χ1v) is 9.46. The Morgan fingerprint density at radius 2 is 1.93 bits per heavy atom. The van der Waals surface area contributed by atoms with Gasteiger partial charge in [-0.15, -0.1) is 0 Å². The molecule has 0 spiro atoms. The van der Waals surface area contributed by atoms with Crippen molar-refractivity contribution in [2.75, 3.05) is 13.2 Å². The lowest BCUT2D eigenvalue weighted by molar-refractivity contribution is -0.123. The Morgan fingerprint density at radius 3 is 2.61 bits per heavy atom. The van der Waals surface area contributed by atoms with Gasteiger partial charge in [0, 0.05) is 5.54 Å². The number of aryl methyl sites for hydroxylation is 1. The molecule has 0 aliphatic carbocycles. The maximum absolute atomic E-state index is 12.0. The number of carbonyl (C=O) groups is 1. The zero-order valence-electron chi connectivity index (χ0n) is 16.3. The summed E-state index contributed by atoms with van der Waals surface area (Å²) in [6, 6.07) is 13.3. The van der Waals surface area contributed by atoms with E-state index in [-0.39, 0.29) is 12.5 Å². The van der Waals surface area contributed by atoms with E-state index in [1.165, 1.54) is 5.54 Å². The molecule has 0 aliphatic rings. The fourth-order valence-corrected chi connectivity index (χ4v) is 2.50. The number of carbonyl (C=O) groups excluding carboxylic acids is 1. The van der Waals surface area contributed by atoms with Crippen molar-refractivity contribution in [2.45, 2.75) is 26.7 Å². The highest BCUT2D eigenvalue weighted by Crippen LogP contribution is 2.27. The van der Waals surface area contributed by atoms with Gasteiger partial charge in [0.1, 0.15) is 18.1 Å². The first-order chi connectivity index (χ1) is 13.5. The Morgan fingerprint density at radius 1 is 1.18 bits per heavy atom. The lowest BCUT2D eigenvalue weighted by Crippen LogP contribution is -2.25. The second-order valence-corrected chi connectivity index (χ2v) is 6.77. The number of hydrazone groups is 1. The molecule has 0 radical (unpaired) electrons. The zero-order valence-corrected chi connectivity index (χ0v) is 17.1. The quantitative estimate of drug-likeness (QED) is 0.486. The van der Waals surface area contributed by atoms with Crippen molar-refractivity contribution < 1.29 is 14.3 Å². The van der Waals surface area contributed by atoms with Crippen LogP contribution in [0.2, 0.25) is 0 Å².